The number of nitrogens with one attached hydrogen (secondary N) is 1. The lowest BCUT2D eigenvalue weighted by Crippen LogP contribution is -2.53. The second-order valence-corrected chi connectivity index (χ2v) is 7.69. The Bertz CT molecular complexity index is 782. The minimum Gasteiger partial charge on any atom is -0.367 e. The maximum absolute atomic E-state index is 12.5. The second-order valence-electron chi connectivity index (χ2n) is 7.25. The molecule has 0 bridgehead atoms. The number of hydrogen-bond donors (Lipinski definition) is 1. The zero-order valence-corrected chi connectivity index (χ0v) is 15.7. The third-order valence-electron chi connectivity index (χ3n) is 5.52. The van der Waals surface area contributed by atoms with Gasteiger partial charge in [0.2, 0.25) is 0 Å². The van der Waals surface area contributed by atoms with Gasteiger partial charge in [-0.25, -0.2) is 4.79 Å². The van der Waals surface area contributed by atoms with Crippen LogP contribution in [0.3, 0.4) is 0 Å². The van der Waals surface area contributed by atoms with Gasteiger partial charge >= 0.3 is 6.03 Å². The van der Waals surface area contributed by atoms with E-state index >= 15 is 0 Å². The predicted octanol–water partition coefficient (Wildman–Crippen LogP) is 4.05. The normalized spacial score (nSPS) is 19.0. The van der Waals surface area contributed by atoms with Crippen LogP contribution < -0.4 is 10.2 Å². The van der Waals surface area contributed by atoms with E-state index in [2.05, 4.69) is 15.2 Å². The van der Waals surface area contributed by atoms with Crippen molar-refractivity contribution in [1.82, 2.24) is 15.2 Å². The van der Waals surface area contributed by atoms with Gasteiger partial charge in [-0.05, 0) is 37.1 Å². The molecule has 5 nitrogen and oxygen atoms in total. The molecule has 0 spiro atoms. The van der Waals surface area contributed by atoms with Gasteiger partial charge in [0.05, 0.1) is 5.52 Å². The van der Waals surface area contributed by atoms with Crippen molar-refractivity contribution < 1.29 is 4.79 Å². The fourth-order valence-corrected chi connectivity index (χ4v) is 4.21. The maximum Gasteiger partial charge on any atom is 0.317 e. The lowest BCUT2D eigenvalue weighted by atomic mass is 9.96. The van der Waals surface area contributed by atoms with Gasteiger partial charge in [0, 0.05) is 54.5 Å². The average Bonchev–Trinajstić information content (AvgIpc) is 2.68. The summed E-state index contributed by atoms with van der Waals surface area (Å²) in [5.74, 6) is 0. The van der Waals surface area contributed by atoms with E-state index < -0.39 is 0 Å². The Kier molecular flexibility index (Phi) is 5.16. The fraction of sp³-hybridized carbons (Fsp3) is 0.500. The molecule has 1 aromatic carbocycles. The van der Waals surface area contributed by atoms with Gasteiger partial charge < -0.3 is 15.1 Å². The van der Waals surface area contributed by atoms with Gasteiger partial charge in [0.25, 0.3) is 0 Å². The topological polar surface area (TPSA) is 48.5 Å². The van der Waals surface area contributed by atoms with Crippen molar-refractivity contribution in [2.24, 2.45) is 0 Å². The molecule has 26 heavy (non-hydrogen) atoms. The first-order chi connectivity index (χ1) is 12.7. The van der Waals surface area contributed by atoms with Crippen molar-refractivity contribution in [3.05, 3.63) is 35.5 Å². The first-order valence-corrected chi connectivity index (χ1v) is 9.93. The number of aromatic nitrogens is 1. The van der Waals surface area contributed by atoms with Gasteiger partial charge in [-0.1, -0.05) is 30.9 Å². The van der Waals surface area contributed by atoms with Crippen LogP contribution in [0.4, 0.5) is 10.5 Å². The predicted molar refractivity (Wildman–Crippen MR) is 106 cm³/mol. The lowest BCUT2D eigenvalue weighted by Gasteiger charge is -2.37. The van der Waals surface area contributed by atoms with Crippen LogP contribution in [0.1, 0.15) is 32.1 Å². The highest BCUT2D eigenvalue weighted by Crippen LogP contribution is 2.28. The molecule has 1 N–H and O–H groups in total. The van der Waals surface area contributed by atoms with Crippen LogP contribution in [0.5, 0.6) is 0 Å². The number of carbonyl (C=O) groups excluding carboxylic acids is 1. The highest BCUT2D eigenvalue weighted by molar-refractivity contribution is 6.31. The molecule has 2 amide bonds. The van der Waals surface area contributed by atoms with Crippen molar-refractivity contribution >= 4 is 34.2 Å². The number of anilines is 1. The van der Waals surface area contributed by atoms with E-state index in [1.54, 1.807) is 0 Å². The van der Waals surface area contributed by atoms with Crippen LogP contribution in [0.2, 0.25) is 5.02 Å². The van der Waals surface area contributed by atoms with Gasteiger partial charge in [0.1, 0.15) is 0 Å². The van der Waals surface area contributed by atoms with Crippen LogP contribution in [0.25, 0.3) is 10.9 Å². The minimum atomic E-state index is 0.0999. The molecule has 1 saturated heterocycles. The number of urea groups is 1. The highest BCUT2D eigenvalue weighted by atomic mass is 35.5. The van der Waals surface area contributed by atoms with E-state index in [0.717, 1.165) is 49.9 Å². The molecular formula is C20H25ClN4O. The zero-order chi connectivity index (χ0) is 17.9. The summed E-state index contributed by atoms with van der Waals surface area (Å²) >= 11 is 6.09. The van der Waals surface area contributed by atoms with E-state index in [4.69, 9.17) is 11.6 Å². The highest BCUT2D eigenvalue weighted by Gasteiger charge is 2.24. The van der Waals surface area contributed by atoms with Gasteiger partial charge in [-0.2, -0.15) is 0 Å². The number of halogens is 1. The molecule has 2 aliphatic rings. The molecule has 1 saturated carbocycles. The monoisotopic (exact) mass is 372 g/mol. The molecule has 0 unspecified atom stereocenters. The molecule has 1 aliphatic heterocycles. The number of fused-ring (bicyclic) bond motifs is 1. The molecule has 1 aliphatic carbocycles. The number of rotatable bonds is 2. The van der Waals surface area contributed by atoms with Gasteiger partial charge in [0.15, 0.2) is 0 Å². The van der Waals surface area contributed by atoms with Crippen LogP contribution in [-0.2, 0) is 0 Å². The quantitative estimate of drug-likeness (QED) is 0.865. The second kappa shape index (κ2) is 7.70. The minimum absolute atomic E-state index is 0.0999. The molecule has 0 radical (unpaired) electrons. The fourth-order valence-electron chi connectivity index (χ4n) is 4.05. The maximum atomic E-state index is 12.5. The molecule has 4 rings (SSSR count). The molecule has 2 fully saturated rings. The molecule has 6 heteroatoms. The summed E-state index contributed by atoms with van der Waals surface area (Å²) in [4.78, 5) is 21.2. The lowest BCUT2D eigenvalue weighted by molar-refractivity contribution is 0.186. The Morgan fingerprint density at radius 2 is 1.85 bits per heavy atom. The number of piperazine rings is 1. The van der Waals surface area contributed by atoms with Crippen LogP contribution in [-0.4, -0.2) is 48.1 Å². The first-order valence-electron chi connectivity index (χ1n) is 9.55. The van der Waals surface area contributed by atoms with Crippen LogP contribution in [0.15, 0.2) is 30.5 Å². The number of carbonyl (C=O) groups is 1. The summed E-state index contributed by atoms with van der Waals surface area (Å²) in [5, 5.41) is 5.03. The Balaban J connectivity index is 1.40. The number of benzene rings is 1. The number of amides is 2. The van der Waals surface area contributed by atoms with Crippen molar-refractivity contribution in [2.45, 2.75) is 38.1 Å². The molecule has 0 atom stereocenters. The van der Waals surface area contributed by atoms with E-state index in [1.165, 1.54) is 24.9 Å². The van der Waals surface area contributed by atoms with E-state index in [0.29, 0.717) is 11.1 Å². The van der Waals surface area contributed by atoms with E-state index in [-0.39, 0.29) is 6.03 Å². The Hall–Kier alpha value is -2.01. The molecular weight excluding hydrogens is 348 g/mol. The Morgan fingerprint density at radius 3 is 2.62 bits per heavy atom. The standard InChI is InChI=1S/C20H25ClN4O/c21-15-6-7-17-18(14-15)22-9-8-19(17)24-10-12-25(13-11-24)20(26)23-16-4-2-1-3-5-16/h6-9,14,16H,1-5,10-13H2,(H,23,26). The van der Waals surface area contributed by atoms with Gasteiger partial charge in [-0.3, -0.25) is 4.98 Å². The van der Waals surface area contributed by atoms with Crippen molar-refractivity contribution in [2.75, 3.05) is 31.1 Å². The molecule has 1 aromatic heterocycles. The first kappa shape index (κ1) is 17.4. The SMILES string of the molecule is O=C(NC1CCCCC1)N1CCN(c2ccnc3cc(Cl)ccc23)CC1. The van der Waals surface area contributed by atoms with E-state index in [1.807, 2.05) is 35.4 Å². The molecule has 2 heterocycles. The van der Waals surface area contributed by atoms with Crippen LogP contribution in [0, 0.1) is 0 Å². The smallest absolute Gasteiger partial charge is 0.317 e. The summed E-state index contributed by atoms with van der Waals surface area (Å²) in [6.45, 7) is 3.16. The Labute approximate surface area is 159 Å². The largest absolute Gasteiger partial charge is 0.367 e. The number of nitrogens with zero attached hydrogens (tertiary/aromatic N) is 3. The third-order valence-corrected chi connectivity index (χ3v) is 5.76. The summed E-state index contributed by atoms with van der Waals surface area (Å²) in [7, 11) is 0. The summed E-state index contributed by atoms with van der Waals surface area (Å²) in [6, 6.07) is 8.35. The molecule has 2 aromatic rings. The van der Waals surface area contributed by atoms with Crippen molar-refractivity contribution in [3.63, 3.8) is 0 Å². The molecule has 138 valence electrons. The van der Waals surface area contributed by atoms with E-state index in [9.17, 15) is 4.79 Å². The van der Waals surface area contributed by atoms with Crippen molar-refractivity contribution in [1.29, 1.82) is 0 Å². The summed E-state index contributed by atoms with van der Waals surface area (Å²) in [5.41, 5.74) is 2.08. The number of hydrogen-bond acceptors (Lipinski definition) is 3. The zero-order valence-electron chi connectivity index (χ0n) is 15.0. The Morgan fingerprint density at radius 1 is 1.08 bits per heavy atom. The summed E-state index contributed by atoms with van der Waals surface area (Å²) in [6.07, 6.45) is 7.84. The average molecular weight is 373 g/mol. The number of pyridine rings is 1. The third kappa shape index (κ3) is 3.73. The van der Waals surface area contributed by atoms with Crippen LogP contribution >= 0.6 is 11.6 Å². The summed E-state index contributed by atoms with van der Waals surface area (Å²) < 4.78 is 0. The van der Waals surface area contributed by atoms with Crippen molar-refractivity contribution in [3.8, 4) is 0 Å². The van der Waals surface area contributed by atoms with Gasteiger partial charge in [-0.15, -0.1) is 0 Å².